The summed E-state index contributed by atoms with van der Waals surface area (Å²) in [6, 6.07) is 3.97. The molecular formula is C21H34N4O3S. The van der Waals surface area contributed by atoms with Crippen LogP contribution in [0.1, 0.15) is 52.0 Å². The summed E-state index contributed by atoms with van der Waals surface area (Å²) < 4.78 is 5.23. The number of thioether (sulfide) groups is 1. The lowest BCUT2D eigenvalue weighted by molar-refractivity contribution is -0.123. The van der Waals surface area contributed by atoms with E-state index in [-0.39, 0.29) is 11.9 Å². The van der Waals surface area contributed by atoms with E-state index in [1.165, 1.54) is 12.8 Å². The van der Waals surface area contributed by atoms with E-state index in [1.807, 2.05) is 32.9 Å². The first-order valence-corrected chi connectivity index (χ1v) is 11.5. The summed E-state index contributed by atoms with van der Waals surface area (Å²) in [4.78, 5) is 28.5. The Labute approximate surface area is 178 Å². The van der Waals surface area contributed by atoms with Crippen molar-refractivity contribution in [3.63, 3.8) is 0 Å². The van der Waals surface area contributed by atoms with Gasteiger partial charge >= 0.3 is 6.09 Å². The number of nitrogens with one attached hydrogen (secondary N) is 3. The van der Waals surface area contributed by atoms with E-state index in [1.54, 1.807) is 24.2 Å². The second kappa shape index (κ2) is 12.0. The van der Waals surface area contributed by atoms with Crippen LogP contribution < -0.4 is 16.0 Å². The number of aromatic nitrogens is 1. The molecule has 1 aliphatic rings. The summed E-state index contributed by atoms with van der Waals surface area (Å²) in [5.74, 6) is 1.39. The molecule has 162 valence electrons. The van der Waals surface area contributed by atoms with Gasteiger partial charge in [0.15, 0.2) is 0 Å². The number of hydrogen-bond acceptors (Lipinski definition) is 6. The topological polar surface area (TPSA) is 92.4 Å². The maximum absolute atomic E-state index is 12.7. The van der Waals surface area contributed by atoms with E-state index in [0.29, 0.717) is 24.9 Å². The van der Waals surface area contributed by atoms with Crippen molar-refractivity contribution in [2.75, 3.05) is 18.1 Å². The first-order valence-electron chi connectivity index (χ1n) is 10.3. The fourth-order valence-electron chi connectivity index (χ4n) is 3.13. The lowest BCUT2D eigenvalue weighted by Gasteiger charge is -2.22. The Bertz CT molecular complexity index is 631. The Morgan fingerprint density at radius 3 is 2.69 bits per heavy atom. The van der Waals surface area contributed by atoms with Crippen molar-refractivity contribution in [2.24, 2.45) is 0 Å². The number of carbonyl (C=O) groups is 2. The van der Waals surface area contributed by atoms with Crippen LogP contribution >= 0.6 is 11.8 Å². The molecule has 1 aromatic heterocycles. The molecule has 2 rings (SSSR count). The maximum atomic E-state index is 12.7. The van der Waals surface area contributed by atoms with Crippen LogP contribution in [0.5, 0.6) is 0 Å². The highest BCUT2D eigenvalue weighted by Gasteiger charge is 2.24. The van der Waals surface area contributed by atoms with Crippen molar-refractivity contribution >= 4 is 23.8 Å². The molecule has 2 amide bonds. The maximum Gasteiger partial charge on any atom is 0.407 e. The highest BCUT2D eigenvalue weighted by Crippen LogP contribution is 2.19. The van der Waals surface area contributed by atoms with Gasteiger partial charge in [0.1, 0.15) is 5.60 Å². The molecule has 1 aromatic rings. The molecule has 0 aromatic carbocycles. The molecule has 0 spiro atoms. The quantitative estimate of drug-likeness (QED) is 0.502. The van der Waals surface area contributed by atoms with Crippen LogP contribution in [0.2, 0.25) is 0 Å². The predicted molar refractivity (Wildman–Crippen MR) is 117 cm³/mol. The molecule has 0 bridgehead atoms. The summed E-state index contributed by atoms with van der Waals surface area (Å²) in [6.45, 7) is 6.49. The third kappa shape index (κ3) is 9.99. The first-order chi connectivity index (χ1) is 13.8. The van der Waals surface area contributed by atoms with E-state index < -0.39 is 11.7 Å². The van der Waals surface area contributed by atoms with Gasteiger partial charge < -0.3 is 20.7 Å². The molecular weight excluding hydrogens is 388 g/mol. The van der Waals surface area contributed by atoms with Gasteiger partial charge in [0.05, 0.1) is 6.04 Å². The van der Waals surface area contributed by atoms with E-state index in [4.69, 9.17) is 4.74 Å². The molecule has 0 unspecified atom stereocenters. The van der Waals surface area contributed by atoms with Gasteiger partial charge in [0.2, 0.25) is 5.91 Å². The van der Waals surface area contributed by atoms with Crippen molar-refractivity contribution in [3.8, 4) is 0 Å². The molecule has 3 N–H and O–H groups in total. The zero-order valence-electron chi connectivity index (χ0n) is 17.7. The molecule has 1 fully saturated rings. The Balaban J connectivity index is 1.74. The number of carbonyl (C=O) groups excluding carboxylic acids is 2. The second-order valence-corrected chi connectivity index (χ2v) is 9.43. The summed E-state index contributed by atoms with van der Waals surface area (Å²) >= 11 is 1.65. The fraction of sp³-hybridized carbons (Fsp3) is 0.667. The molecule has 1 atom stereocenters. The molecule has 29 heavy (non-hydrogen) atoms. The standard InChI is InChI=1S/C21H34N4O3S/c1-21(2,3)28-20(27)23-11-12-29-15-18(25-17-8-4-5-9-17)19(26)24-14-16-7-6-10-22-13-16/h6-7,10,13,17-18,25H,4-5,8-9,11-12,14-15H2,1-3H3,(H,23,27)(H,24,26)/t18-/m0/s1. The highest BCUT2D eigenvalue weighted by atomic mass is 32.2. The predicted octanol–water partition coefficient (Wildman–Crippen LogP) is 2.86. The number of hydrogen-bond donors (Lipinski definition) is 3. The van der Waals surface area contributed by atoms with Crippen LogP contribution in [0.4, 0.5) is 4.79 Å². The van der Waals surface area contributed by atoms with Crippen LogP contribution in [0.3, 0.4) is 0 Å². The van der Waals surface area contributed by atoms with Gasteiger partial charge in [-0.2, -0.15) is 11.8 Å². The minimum absolute atomic E-state index is 0.00774. The molecule has 0 radical (unpaired) electrons. The van der Waals surface area contributed by atoms with Crippen LogP contribution in [0, 0.1) is 0 Å². The van der Waals surface area contributed by atoms with Gasteiger partial charge in [0, 0.05) is 43.0 Å². The number of ether oxygens (including phenoxy) is 1. The second-order valence-electron chi connectivity index (χ2n) is 8.28. The van der Waals surface area contributed by atoms with Gasteiger partial charge in [-0.3, -0.25) is 9.78 Å². The van der Waals surface area contributed by atoms with Crippen LogP contribution in [-0.2, 0) is 16.1 Å². The SMILES string of the molecule is CC(C)(C)OC(=O)NCCSC[C@H](NC1CCCC1)C(=O)NCc1cccnc1. The molecule has 0 aliphatic heterocycles. The molecule has 7 nitrogen and oxygen atoms in total. The highest BCUT2D eigenvalue weighted by molar-refractivity contribution is 7.99. The summed E-state index contributed by atoms with van der Waals surface area (Å²) in [5, 5.41) is 9.29. The summed E-state index contributed by atoms with van der Waals surface area (Å²) in [6.07, 6.45) is 7.75. The third-order valence-corrected chi connectivity index (χ3v) is 5.56. The van der Waals surface area contributed by atoms with Gasteiger partial charge in [-0.05, 0) is 45.2 Å². The van der Waals surface area contributed by atoms with Crippen molar-refractivity contribution in [1.29, 1.82) is 0 Å². The molecule has 1 aliphatic carbocycles. The van der Waals surface area contributed by atoms with Gasteiger partial charge in [-0.25, -0.2) is 4.79 Å². The smallest absolute Gasteiger partial charge is 0.407 e. The minimum atomic E-state index is -0.500. The third-order valence-electron chi connectivity index (χ3n) is 4.50. The van der Waals surface area contributed by atoms with Crippen LogP contribution in [-0.4, -0.2) is 52.7 Å². The Hall–Kier alpha value is -1.80. The normalized spacial score (nSPS) is 15.7. The number of amides is 2. The summed E-state index contributed by atoms with van der Waals surface area (Å²) in [5.41, 5.74) is 0.481. The zero-order chi connectivity index (χ0) is 21.1. The molecule has 0 saturated heterocycles. The van der Waals surface area contributed by atoms with Crippen LogP contribution in [0.15, 0.2) is 24.5 Å². The lowest BCUT2D eigenvalue weighted by atomic mass is 10.2. The minimum Gasteiger partial charge on any atom is -0.444 e. The largest absolute Gasteiger partial charge is 0.444 e. The van der Waals surface area contributed by atoms with Gasteiger partial charge in [0.25, 0.3) is 0 Å². The lowest BCUT2D eigenvalue weighted by Crippen LogP contribution is -2.49. The monoisotopic (exact) mass is 422 g/mol. The van der Waals surface area contributed by atoms with Gasteiger partial charge in [-0.1, -0.05) is 18.9 Å². The average molecular weight is 423 g/mol. The van der Waals surface area contributed by atoms with Crippen LogP contribution in [0.25, 0.3) is 0 Å². The average Bonchev–Trinajstić information content (AvgIpc) is 3.17. The van der Waals surface area contributed by atoms with Crippen molar-refractivity contribution in [3.05, 3.63) is 30.1 Å². The van der Waals surface area contributed by atoms with Crippen molar-refractivity contribution in [2.45, 2.75) is 70.7 Å². The Morgan fingerprint density at radius 2 is 2.03 bits per heavy atom. The Morgan fingerprint density at radius 1 is 1.28 bits per heavy atom. The fourth-order valence-corrected chi connectivity index (χ4v) is 4.03. The first kappa shape index (κ1) is 23.5. The summed E-state index contributed by atoms with van der Waals surface area (Å²) in [7, 11) is 0. The number of rotatable bonds is 10. The number of nitrogens with zero attached hydrogens (tertiary/aromatic N) is 1. The van der Waals surface area contributed by atoms with Crippen molar-refractivity contribution < 1.29 is 14.3 Å². The Kier molecular flexibility index (Phi) is 9.73. The molecule has 8 heteroatoms. The van der Waals surface area contributed by atoms with E-state index in [2.05, 4.69) is 20.9 Å². The number of alkyl carbamates (subject to hydrolysis) is 1. The zero-order valence-corrected chi connectivity index (χ0v) is 18.5. The van der Waals surface area contributed by atoms with E-state index in [9.17, 15) is 9.59 Å². The van der Waals surface area contributed by atoms with Crippen molar-refractivity contribution in [1.82, 2.24) is 20.9 Å². The van der Waals surface area contributed by atoms with E-state index >= 15 is 0 Å². The van der Waals surface area contributed by atoms with E-state index in [0.717, 1.165) is 24.2 Å². The number of pyridine rings is 1. The van der Waals surface area contributed by atoms with Gasteiger partial charge in [-0.15, -0.1) is 0 Å². The molecule has 1 saturated carbocycles. The molecule has 1 heterocycles.